The van der Waals surface area contributed by atoms with Crippen molar-refractivity contribution < 1.29 is 4.74 Å². The molecule has 2 N–H and O–H groups in total. The summed E-state index contributed by atoms with van der Waals surface area (Å²) in [6, 6.07) is 9.66. The van der Waals surface area contributed by atoms with Crippen LogP contribution >= 0.6 is 22.9 Å². The highest BCUT2D eigenvalue weighted by molar-refractivity contribution is 7.19. The minimum atomic E-state index is 0.616. The maximum atomic E-state index is 6.11. The summed E-state index contributed by atoms with van der Waals surface area (Å²) >= 11 is 7.66. The van der Waals surface area contributed by atoms with E-state index in [2.05, 4.69) is 0 Å². The van der Waals surface area contributed by atoms with Crippen molar-refractivity contribution in [1.82, 2.24) is 0 Å². The summed E-state index contributed by atoms with van der Waals surface area (Å²) in [4.78, 5) is 1.11. The van der Waals surface area contributed by atoms with Gasteiger partial charge in [0.05, 0.1) is 16.6 Å². The Labute approximate surface area is 104 Å². The Hall–Kier alpha value is -1.19. The van der Waals surface area contributed by atoms with Crippen LogP contribution in [-0.2, 0) is 0 Å². The van der Waals surface area contributed by atoms with E-state index in [1.165, 1.54) is 0 Å². The molecule has 0 saturated carbocycles. The molecule has 0 radical (unpaired) electrons. The molecular weight excluding hydrogens is 242 g/mol. The van der Waals surface area contributed by atoms with Crippen molar-refractivity contribution in [3.05, 3.63) is 35.4 Å². The largest absolute Gasteiger partial charge is 0.492 e. The first kappa shape index (κ1) is 11.3. The molecule has 0 aliphatic heterocycles. The molecule has 1 aromatic heterocycles. The molecule has 0 bridgehead atoms. The second-order valence-electron chi connectivity index (χ2n) is 3.28. The molecule has 0 aliphatic rings. The highest BCUT2D eigenvalue weighted by Crippen LogP contribution is 2.34. The van der Waals surface area contributed by atoms with Gasteiger partial charge in [0.2, 0.25) is 0 Å². The van der Waals surface area contributed by atoms with Crippen molar-refractivity contribution in [2.45, 2.75) is 6.92 Å². The van der Waals surface area contributed by atoms with Gasteiger partial charge < -0.3 is 10.5 Å². The molecule has 0 fully saturated rings. The molecule has 0 aliphatic carbocycles. The lowest BCUT2D eigenvalue weighted by Gasteiger charge is -2.06. The fourth-order valence-electron chi connectivity index (χ4n) is 1.43. The molecule has 84 valence electrons. The molecule has 1 aromatic carbocycles. The monoisotopic (exact) mass is 253 g/mol. The van der Waals surface area contributed by atoms with E-state index in [4.69, 9.17) is 22.1 Å². The van der Waals surface area contributed by atoms with Crippen LogP contribution in [0.4, 0.5) is 5.00 Å². The van der Waals surface area contributed by atoms with Crippen LogP contribution < -0.4 is 10.5 Å². The molecule has 0 unspecified atom stereocenters. The van der Waals surface area contributed by atoms with Crippen molar-refractivity contribution in [3.8, 4) is 16.2 Å². The second-order valence-corrected chi connectivity index (χ2v) is 4.80. The standard InChI is InChI=1S/C12H12ClNOS/c1-2-15-10-4-3-8(7-9(10)13)11-5-6-12(14)16-11/h3-7H,2,14H2,1H3. The molecule has 0 amide bonds. The normalized spacial score (nSPS) is 10.4. The predicted molar refractivity (Wildman–Crippen MR) is 70.3 cm³/mol. The average molecular weight is 254 g/mol. The van der Waals surface area contributed by atoms with E-state index in [0.717, 1.165) is 21.2 Å². The van der Waals surface area contributed by atoms with Gasteiger partial charge in [0.25, 0.3) is 0 Å². The Morgan fingerprint density at radius 3 is 2.69 bits per heavy atom. The van der Waals surface area contributed by atoms with E-state index < -0.39 is 0 Å². The Balaban J connectivity index is 2.34. The molecule has 2 rings (SSSR count). The first-order valence-corrected chi connectivity index (χ1v) is 6.18. The number of nitrogen functional groups attached to an aromatic ring is 1. The summed E-state index contributed by atoms with van der Waals surface area (Å²) in [6.07, 6.45) is 0. The lowest BCUT2D eigenvalue weighted by Crippen LogP contribution is -1.91. The van der Waals surface area contributed by atoms with Gasteiger partial charge in [-0.3, -0.25) is 0 Å². The minimum Gasteiger partial charge on any atom is -0.492 e. The summed E-state index contributed by atoms with van der Waals surface area (Å²) in [5.41, 5.74) is 6.76. The fraction of sp³-hybridized carbons (Fsp3) is 0.167. The van der Waals surface area contributed by atoms with Crippen LogP contribution in [0, 0.1) is 0 Å². The van der Waals surface area contributed by atoms with Gasteiger partial charge in [-0.25, -0.2) is 0 Å². The number of hydrogen-bond acceptors (Lipinski definition) is 3. The van der Waals surface area contributed by atoms with Crippen molar-refractivity contribution in [2.24, 2.45) is 0 Å². The van der Waals surface area contributed by atoms with Gasteiger partial charge in [0, 0.05) is 4.88 Å². The quantitative estimate of drug-likeness (QED) is 0.896. The number of hydrogen-bond donors (Lipinski definition) is 1. The summed E-state index contributed by atoms with van der Waals surface area (Å²) < 4.78 is 5.38. The van der Waals surface area contributed by atoms with Crippen LogP contribution in [-0.4, -0.2) is 6.61 Å². The summed E-state index contributed by atoms with van der Waals surface area (Å²) in [7, 11) is 0. The van der Waals surface area contributed by atoms with E-state index >= 15 is 0 Å². The zero-order valence-corrected chi connectivity index (χ0v) is 10.4. The van der Waals surface area contributed by atoms with E-state index in [-0.39, 0.29) is 0 Å². The van der Waals surface area contributed by atoms with Gasteiger partial charge in [-0.2, -0.15) is 0 Å². The second kappa shape index (κ2) is 4.76. The highest BCUT2D eigenvalue weighted by atomic mass is 35.5. The number of ether oxygens (including phenoxy) is 1. The highest BCUT2D eigenvalue weighted by Gasteiger charge is 2.05. The van der Waals surface area contributed by atoms with Gasteiger partial charge >= 0.3 is 0 Å². The summed E-state index contributed by atoms with van der Waals surface area (Å²) in [5, 5.41) is 1.44. The number of thiophene rings is 1. The lowest BCUT2D eigenvalue weighted by atomic mass is 10.2. The Morgan fingerprint density at radius 2 is 2.12 bits per heavy atom. The first-order chi connectivity index (χ1) is 7.70. The van der Waals surface area contributed by atoms with Gasteiger partial charge in [-0.15, -0.1) is 11.3 Å². The first-order valence-electron chi connectivity index (χ1n) is 4.98. The minimum absolute atomic E-state index is 0.616. The molecule has 2 nitrogen and oxygen atoms in total. The molecule has 0 saturated heterocycles. The Bertz CT molecular complexity index is 496. The summed E-state index contributed by atoms with van der Waals surface area (Å²) in [5.74, 6) is 0.720. The number of rotatable bonds is 3. The number of anilines is 1. The van der Waals surface area contributed by atoms with Crippen molar-refractivity contribution in [2.75, 3.05) is 12.3 Å². The zero-order valence-electron chi connectivity index (χ0n) is 8.87. The van der Waals surface area contributed by atoms with E-state index in [9.17, 15) is 0 Å². The molecule has 1 heterocycles. The predicted octanol–water partition coefficient (Wildman–Crippen LogP) is 4.05. The van der Waals surface area contributed by atoms with Crippen LogP contribution in [0.5, 0.6) is 5.75 Å². The molecule has 4 heteroatoms. The van der Waals surface area contributed by atoms with E-state index in [0.29, 0.717) is 11.6 Å². The third kappa shape index (κ3) is 2.31. The number of benzene rings is 1. The smallest absolute Gasteiger partial charge is 0.137 e. The van der Waals surface area contributed by atoms with Gasteiger partial charge in [-0.1, -0.05) is 11.6 Å². The molecule has 0 spiro atoms. The van der Waals surface area contributed by atoms with Crippen LogP contribution in [0.15, 0.2) is 30.3 Å². The molecule has 0 atom stereocenters. The SMILES string of the molecule is CCOc1ccc(-c2ccc(N)s2)cc1Cl. The third-order valence-corrected chi connectivity index (χ3v) is 3.40. The summed E-state index contributed by atoms with van der Waals surface area (Å²) in [6.45, 7) is 2.55. The van der Waals surface area contributed by atoms with Gasteiger partial charge in [0.1, 0.15) is 5.75 Å². The molecule has 16 heavy (non-hydrogen) atoms. The van der Waals surface area contributed by atoms with Crippen LogP contribution in [0.25, 0.3) is 10.4 Å². The lowest BCUT2D eigenvalue weighted by molar-refractivity contribution is 0.340. The molecule has 2 aromatic rings. The average Bonchev–Trinajstić information content (AvgIpc) is 2.68. The molecular formula is C12H12ClNOS. The van der Waals surface area contributed by atoms with Crippen molar-refractivity contribution in [1.29, 1.82) is 0 Å². The van der Waals surface area contributed by atoms with Crippen LogP contribution in [0.2, 0.25) is 5.02 Å². The van der Waals surface area contributed by atoms with Crippen molar-refractivity contribution in [3.63, 3.8) is 0 Å². The Kier molecular flexibility index (Phi) is 3.36. The van der Waals surface area contributed by atoms with Gasteiger partial charge in [0.15, 0.2) is 0 Å². The van der Waals surface area contributed by atoms with Gasteiger partial charge in [-0.05, 0) is 42.8 Å². The maximum Gasteiger partial charge on any atom is 0.137 e. The van der Waals surface area contributed by atoms with Crippen LogP contribution in [0.1, 0.15) is 6.92 Å². The zero-order chi connectivity index (χ0) is 11.5. The van der Waals surface area contributed by atoms with E-state index in [1.807, 2.05) is 37.3 Å². The fourth-order valence-corrected chi connectivity index (χ4v) is 2.44. The van der Waals surface area contributed by atoms with Crippen molar-refractivity contribution >= 4 is 27.9 Å². The Morgan fingerprint density at radius 1 is 1.31 bits per heavy atom. The number of nitrogens with two attached hydrogens (primary N) is 1. The number of halogens is 1. The van der Waals surface area contributed by atoms with Crippen LogP contribution in [0.3, 0.4) is 0 Å². The topological polar surface area (TPSA) is 35.2 Å². The van der Waals surface area contributed by atoms with E-state index in [1.54, 1.807) is 11.3 Å². The maximum absolute atomic E-state index is 6.11. The third-order valence-electron chi connectivity index (χ3n) is 2.14.